The van der Waals surface area contributed by atoms with Crippen LogP contribution in [0.5, 0.6) is 0 Å². The fraction of sp³-hybridized carbons (Fsp3) is 0.312. The van der Waals surface area contributed by atoms with E-state index in [0.717, 1.165) is 61.6 Å². The second-order valence-corrected chi connectivity index (χ2v) is 9.35. The first-order valence-corrected chi connectivity index (χ1v) is 13.8. The van der Waals surface area contributed by atoms with Crippen molar-refractivity contribution in [2.24, 2.45) is 9.98 Å². The van der Waals surface area contributed by atoms with Gasteiger partial charge in [0.05, 0.1) is 0 Å². The van der Waals surface area contributed by atoms with Gasteiger partial charge in [0.25, 0.3) is 11.8 Å². The number of anilines is 2. The number of benzene rings is 3. The SMILES string of the molecule is CCCCNC(=NC)c1ccc(NC(=O)c2ccc(C(=O)Nc3ccc(C(=NC)NCCCC)cc3)cc2)cc1.Cl.Cl. The molecule has 0 saturated carbocycles. The normalized spacial score (nSPS) is 11.0. The molecule has 0 atom stereocenters. The fourth-order valence-electron chi connectivity index (χ4n) is 3.99. The van der Waals surface area contributed by atoms with Crippen molar-refractivity contribution in [3.63, 3.8) is 0 Å². The van der Waals surface area contributed by atoms with Crippen LogP contribution < -0.4 is 21.3 Å². The number of rotatable bonds is 12. The van der Waals surface area contributed by atoms with Crippen molar-refractivity contribution >= 4 is 59.7 Å². The highest BCUT2D eigenvalue weighted by molar-refractivity contribution is 6.07. The summed E-state index contributed by atoms with van der Waals surface area (Å²) in [4.78, 5) is 34.2. The molecule has 3 rings (SSSR count). The lowest BCUT2D eigenvalue weighted by molar-refractivity contribution is 0.101. The molecule has 0 bridgehead atoms. The van der Waals surface area contributed by atoms with E-state index in [4.69, 9.17) is 0 Å². The summed E-state index contributed by atoms with van der Waals surface area (Å²) in [5.41, 5.74) is 4.21. The minimum absolute atomic E-state index is 0. The number of halogens is 2. The van der Waals surface area contributed by atoms with Gasteiger partial charge < -0.3 is 21.3 Å². The highest BCUT2D eigenvalue weighted by Crippen LogP contribution is 2.15. The van der Waals surface area contributed by atoms with Crippen molar-refractivity contribution < 1.29 is 9.59 Å². The summed E-state index contributed by atoms with van der Waals surface area (Å²) in [5.74, 6) is 1.16. The Morgan fingerprint density at radius 1 is 0.548 bits per heavy atom. The van der Waals surface area contributed by atoms with Crippen molar-refractivity contribution in [1.29, 1.82) is 0 Å². The molecule has 0 fully saturated rings. The zero-order valence-electron chi connectivity index (χ0n) is 24.7. The molecule has 0 saturated heterocycles. The number of nitrogens with zero attached hydrogens (tertiary/aromatic N) is 2. The van der Waals surface area contributed by atoms with Crippen molar-refractivity contribution in [3.05, 3.63) is 95.1 Å². The maximum Gasteiger partial charge on any atom is 0.255 e. The molecular formula is C32H42Cl2N6O2. The van der Waals surface area contributed by atoms with Crippen LogP contribution in [0.4, 0.5) is 11.4 Å². The van der Waals surface area contributed by atoms with Gasteiger partial charge in [-0.1, -0.05) is 26.7 Å². The average molecular weight is 614 g/mol. The number of carbonyl (C=O) groups is 2. The predicted octanol–water partition coefficient (Wildman–Crippen LogP) is 6.57. The van der Waals surface area contributed by atoms with Gasteiger partial charge in [0.1, 0.15) is 11.7 Å². The number of hydrogen-bond donors (Lipinski definition) is 4. The van der Waals surface area contributed by atoms with Crippen LogP contribution in [0.1, 0.15) is 71.4 Å². The van der Waals surface area contributed by atoms with Crippen LogP contribution in [0, 0.1) is 0 Å². The van der Waals surface area contributed by atoms with E-state index in [2.05, 4.69) is 45.1 Å². The molecule has 0 spiro atoms. The highest BCUT2D eigenvalue weighted by atomic mass is 35.5. The Balaban J connectivity index is 0.00000441. The number of nitrogens with one attached hydrogen (secondary N) is 4. The third kappa shape index (κ3) is 10.8. The first-order valence-electron chi connectivity index (χ1n) is 13.8. The number of hydrogen-bond acceptors (Lipinski definition) is 4. The Bertz CT molecular complexity index is 1210. The second-order valence-electron chi connectivity index (χ2n) is 9.35. The van der Waals surface area contributed by atoms with E-state index in [1.165, 1.54) is 0 Å². The zero-order valence-corrected chi connectivity index (χ0v) is 26.3. The fourth-order valence-corrected chi connectivity index (χ4v) is 3.99. The van der Waals surface area contributed by atoms with Gasteiger partial charge in [-0.05, 0) is 85.6 Å². The lowest BCUT2D eigenvalue weighted by Crippen LogP contribution is -2.25. The second kappa shape index (κ2) is 19.3. The molecule has 0 aliphatic heterocycles. The minimum atomic E-state index is -0.248. The van der Waals surface area contributed by atoms with Crippen LogP contribution in [0.3, 0.4) is 0 Å². The van der Waals surface area contributed by atoms with Gasteiger partial charge in [-0.25, -0.2) is 0 Å². The first kappa shape index (κ1) is 36.1. The molecule has 3 aromatic carbocycles. The monoisotopic (exact) mass is 612 g/mol. The molecule has 3 aromatic rings. The Labute approximate surface area is 261 Å². The summed E-state index contributed by atoms with van der Waals surface area (Å²) >= 11 is 0. The van der Waals surface area contributed by atoms with E-state index in [9.17, 15) is 9.59 Å². The van der Waals surface area contributed by atoms with Crippen molar-refractivity contribution in [3.8, 4) is 0 Å². The molecule has 8 nitrogen and oxygen atoms in total. The third-order valence-corrected chi connectivity index (χ3v) is 6.33. The Hall–Kier alpha value is -3.88. The van der Waals surface area contributed by atoms with Gasteiger partial charge in [0.2, 0.25) is 0 Å². The van der Waals surface area contributed by atoms with Crippen LogP contribution in [-0.2, 0) is 0 Å². The number of aliphatic imine (C=N–C) groups is 2. The van der Waals surface area contributed by atoms with Crippen LogP contribution in [-0.4, -0.2) is 50.7 Å². The molecule has 0 aromatic heterocycles. The first-order chi connectivity index (χ1) is 19.5. The number of amides is 2. The number of amidine groups is 2. The molecule has 0 radical (unpaired) electrons. The van der Waals surface area contributed by atoms with Gasteiger partial charge in [0, 0.05) is 60.8 Å². The van der Waals surface area contributed by atoms with Crippen molar-refractivity contribution in [2.75, 3.05) is 37.8 Å². The molecule has 0 aliphatic carbocycles. The summed E-state index contributed by atoms with van der Waals surface area (Å²) < 4.78 is 0. The quantitative estimate of drug-likeness (QED) is 0.105. The number of unbranched alkanes of at least 4 members (excludes halogenated alkanes) is 2. The van der Waals surface area contributed by atoms with Crippen LogP contribution in [0.25, 0.3) is 0 Å². The van der Waals surface area contributed by atoms with Gasteiger partial charge >= 0.3 is 0 Å². The molecule has 226 valence electrons. The smallest absolute Gasteiger partial charge is 0.255 e. The third-order valence-electron chi connectivity index (χ3n) is 6.33. The molecule has 0 heterocycles. The molecule has 0 unspecified atom stereocenters. The highest BCUT2D eigenvalue weighted by Gasteiger charge is 2.11. The average Bonchev–Trinajstić information content (AvgIpc) is 2.99. The van der Waals surface area contributed by atoms with E-state index < -0.39 is 0 Å². The Morgan fingerprint density at radius 2 is 0.857 bits per heavy atom. The zero-order chi connectivity index (χ0) is 28.7. The standard InChI is InChI=1S/C32H40N6O2.2ClH/c1-5-7-21-35-29(33-3)23-13-17-27(18-14-23)37-31(39)25-9-11-26(12-10-25)32(40)38-28-19-15-24(16-20-28)30(34-4)36-22-8-6-2;;/h9-20H,5-8,21-22H2,1-4H3,(H,33,35)(H,34,36)(H,37,39)(H,38,40);2*1H. The van der Waals surface area contributed by atoms with E-state index >= 15 is 0 Å². The number of carbonyl (C=O) groups excluding carboxylic acids is 2. The molecular weight excluding hydrogens is 571 g/mol. The predicted molar refractivity (Wildman–Crippen MR) is 180 cm³/mol. The van der Waals surface area contributed by atoms with Crippen molar-refractivity contribution in [2.45, 2.75) is 39.5 Å². The Kier molecular flexibility index (Phi) is 16.6. The van der Waals surface area contributed by atoms with Crippen LogP contribution in [0.15, 0.2) is 82.8 Å². The minimum Gasteiger partial charge on any atom is -0.370 e. The molecule has 42 heavy (non-hydrogen) atoms. The van der Waals surface area contributed by atoms with Gasteiger partial charge in [-0.15, -0.1) is 24.8 Å². The maximum absolute atomic E-state index is 12.8. The van der Waals surface area contributed by atoms with E-state index in [1.807, 2.05) is 48.5 Å². The summed E-state index contributed by atoms with van der Waals surface area (Å²) in [6, 6.07) is 21.7. The van der Waals surface area contributed by atoms with E-state index in [-0.39, 0.29) is 36.6 Å². The van der Waals surface area contributed by atoms with Gasteiger partial charge in [0.15, 0.2) is 0 Å². The van der Waals surface area contributed by atoms with Crippen LogP contribution in [0.2, 0.25) is 0 Å². The lowest BCUT2D eigenvalue weighted by atomic mass is 10.1. The lowest BCUT2D eigenvalue weighted by Gasteiger charge is -2.11. The molecule has 0 aliphatic rings. The van der Waals surface area contributed by atoms with Crippen LogP contribution >= 0.6 is 24.8 Å². The summed E-state index contributed by atoms with van der Waals surface area (Å²) in [7, 11) is 3.52. The summed E-state index contributed by atoms with van der Waals surface area (Å²) in [5, 5.41) is 12.5. The molecule has 10 heteroatoms. The largest absolute Gasteiger partial charge is 0.370 e. The summed E-state index contributed by atoms with van der Waals surface area (Å²) in [6.45, 7) is 6.04. The molecule has 4 N–H and O–H groups in total. The topological polar surface area (TPSA) is 107 Å². The maximum atomic E-state index is 12.8. The van der Waals surface area contributed by atoms with Gasteiger partial charge in [-0.2, -0.15) is 0 Å². The molecule has 2 amide bonds. The van der Waals surface area contributed by atoms with E-state index in [0.29, 0.717) is 22.5 Å². The van der Waals surface area contributed by atoms with Gasteiger partial charge in [-0.3, -0.25) is 19.6 Å². The summed E-state index contributed by atoms with van der Waals surface area (Å²) in [6.07, 6.45) is 4.38. The van der Waals surface area contributed by atoms with Crippen molar-refractivity contribution in [1.82, 2.24) is 10.6 Å². The van der Waals surface area contributed by atoms with E-state index in [1.54, 1.807) is 38.4 Å². The Morgan fingerprint density at radius 3 is 1.14 bits per heavy atom.